The van der Waals surface area contributed by atoms with Crippen LogP contribution in [-0.4, -0.2) is 27.4 Å². The number of benzene rings is 1. The zero-order chi connectivity index (χ0) is 13.4. The summed E-state index contributed by atoms with van der Waals surface area (Å²) in [5.41, 5.74) is 7.02. The summed E-state index contributed by atoms with van der Waals surface area (Å²) in [5.74, 6) is 0.104. The van der Waals surface area contributed by atoms with Crippen LogP contribution in [0.3, 0.4) is 0 Å². The first-order chi connectivity index (χ1) is 9.13. The van der Waals surface area contributed by atoms with E-state index in [0.29, 0.717) is 5.69 Å². The number of halogens is 1. The van der Waals surface area contributed by atoms with E-state index in [1.807, 2.05) is 18.2 Å². The highest BCUT2D eigenvalue weighted by Gasteiger charge is 2.25. The van der Waals surface area contributed by atoms with E-state index >= 15 is 0 Å². The summed E-state index contributed by atoms with van der Waals surface area (Å²) in [7, 11) is 0. The quantitative estimate of drug-likeness (QED) is 0.812. The predicted octanol–water partition coefficient (Wildman–Crippen LogP) is 1.20. The maximum absolute atomic E-state index is 11.7. The molecule has 19 heavy (non-hydrogen) atoms. The lowest BCUT2D eigenvalue weighted by Crippen LogP contribution is -2.36. The molecule has 1 aromatic carbocycles. The molecule has 3 rings (SSSR count). The van der Waals surface area contributed by atoms with Crippen LogP contribution < -0.4 is 16.0 Å². The molecule has 96 valence electrons. The molecule has 2 aromatic rings. The first-order valence-corrected chi connectivity index (χ1v) is 5.85. The molecule has 0 radical (unpaired) electrons. The van der Waals surface area contributed by atoms with Crippen molar-refractivity contribution in [2.45, 2.75) is 0 Å². The smallest absolute Gasteiger partial charge is 0.244 e. The van der Waals surface area contributed by atoms with Gasteiger partial charge in [0.25, 0.3) is 0 Å². The molecule has 1 aliphatic rings. The van der Waals surface area contributed by atoms with Crippen molar-refractivity contribution in [3.05, 3.63) is 29.5 Å². The van der Waals surface area contributed by atoms with Crippen LogP contribution in [0.5, 0.6) is 0 Å². The van der Waals surface area contributed by atoms with Crippen LogP contribution in [0.4, 0.5) is 23.3 Å². The van der Waals surface area contributed by atoms with E-state index in [4.69, 9.17) is 17.3 Å². The number of nitrogens with zero attached hydrogens (tertiary/aromatic N) is 4. The van der Waals surface area contributed by atoms with Crippen LogP contribution in [0.25, 0.3) is 0 Å². The maximum atomic E-state index is 11.7. The normalized spacial score (nSPS) is 13.9. The summed E-state index contributed by atoms with van der Waals surface area (Å²) < 4.78 is 0. The molecule has 0 saturated carbocycles. The fraction of sp³-hybridized carbons (Fsp3) is 0.0909. The highest BCUT2D eigenvalue weighted by molar-refractivity contribution is 6.28. The molecule has 7 nitrogen and oxygen atoms in total. The summed E-state index contributed by atoms with van der Waals surface area (Å²) in [4.78, 5) is 25.0. The van der Waals surface area contributed by atoms with E-state index in [1.165, 1.54) is 0 Å². The van der Waals surface area contributed by atoms with Crippen molar-refractivity contribution < 1.29 is 4.79 Å². The van der Waals surface area contributed by atoms with Crippen molar-refractivity contribution in [3.63, 3.8) is 0 Å². The molecule has 1 aromatic heterocycles. The molecule has 0 spiro atoms. The number of carbonyl (C=O) groups excluding carboxylic acids is 1. The van der Waals surface area contributed by atoms with Crippen molar-refractivity contribution in [3.8, 4) is 0 Å². The number of aromatic nitrogens is 3. The van der Waals surface area contributed by atoms with Gasteiger partial charge in [-0.1, -0.05) is 12.1 Å². The number of fused-ring (bicyclic) bond motifs is 1. The standard InChI is InChI=1S/C11H9ClN6O/c12-9-15-10(13)17-11(16-9)18-5-8(19)14-6-3-1-2-4-7(6)18/h1-4H,5H2,(H,14,19)(H2,13,15,16,17). The fourth-order valence-electron chi connectivity index (χ4n) is 1.89. The third-order valence-electron chi connectivity index (χ3n) is 2.63. The fourth-order valence-corrected chi connectivity index (χ4v) is 2.05. The first-order valence-electron chi connectivity index (χ1n) is 5.47. The Morgan fingerprint density at radius 1 is 1.26 bits per heavy atom. The van der Waals surface area contributed by atoms with Gasteiger partial charge in [-0.05, 0) is 23.7 Å². The van der Waals surface area contributed by atoms with Crippen molar-refractivity contribution >= 4 is 40.8 Å². The zero-order valence-corrected chi connectivity index (χ0v) is 10.4. The van der Waals surface area contributed by atoms with Crippen LogP contribution in [-0.2, 0) is 4.79 Å². The van der Waals surface area contributed by atoms with Crippen LogP contribution >= 0.6 is 11.6 Å². The number of amides is 1. The number of nitrogens with one attached hydrogen (secondary N) is 1. The van der Waals surface area contributed by atoms with Crippen LogP contribution in [0, 0.1) is 0 Å². The summed E-state index contributed by atoms with van der Waals surface area (Å²) in [6.07, 6.45) is 0. The van der Waals surface area contributed by atoms with Gasteiger partial charge >= 0.3 is 0 Å². The Kier molecular flexibility index (Phi) is 2.68. The van der Waals surface area contributed by atoms with Crippen molar-refractivity contribution in [2.24, 2.45) is 0 Å². The molecule has 3 N–H and O–H groups in total. The first kappa shape index (κ1) is 11.7. The van der Waals surface area contributed by atoms with Crippen LogP contribution in [0.15, 0.2) is 24.3 Å². The Bertz CT molecular complexity index is 641. The second-order valence-electron chi connectivity index (χ2n) is 3.91. The Hall–Kier alpha value is -2.41. The summed E-state index contributed by atoms with van der Waals surface area (Å²) in [5, 5.41) is 2.76. The summed E-state index contributed by atoms with van der Waals surface area (Å²) in [6, 6.07) is 7.33. The number of nitrogens with two attached hydrogens (primary N) is 1. The minimum Gasteiger partial charge on any atom is -0.368 e. The Labute approximate surface area is 113 Å². The van der Waals surface area contributed by atoms with Gasteiger partial charge in [-0.15, -0.1) is 0 Å². The molecule has 8 heteroatoms. The molecule has 0 bridgehead atoms. The molecule has 0 fully saturated rings. The average molecular weight is 277 g/mol. The average Bonchev–Trinajstić information content (AvgIpc) is 2.36. The highest BCUT2D eigenvalue weighted by Crippen LogP contribution is 2.33. The lowest BCUT2D eigenvalue weighted by Gasteiger charge is -2.28. The molecule has 1 aliphatic heterocycles. The number of hydrogen-bond acceptors (Lipinski definition) is 6. The maximum Gasteiger partial charge on any atom is 0.244 e. The third kappa shape index (κ3) is 2.15. The van der Waals surface area contributed by atoms with Gasteiger partial charge in [0.05, 0.1) is 11.4 Å². The highest BCUT2D eigenvalue weighted by atomic mass is 35.5. The zero-order valence-electron chi connectivity index (χ0n) is 9.67. The minimum atomic E-state index is -0.159. The number of hydrogen-bond donors (Lipinski definition) is 2. The molecule has 2 heterocycles. The van der Waals surface area contributed by atoms with Gasteiger partial charge in [-0.3, -0.25) is 9.69 Å². The molecule has 0 unspecified atom stereocenters. The van der Waals surface area contributed by atoms with E-state index in [-0.39, 0.29) is 29.6 Å². The van der Waals surface area contributed by atoms with Gasteiger partial charge in [0.2, 0.25) is 23.1 Å². The van der Waals surface area contributed by atoms with E-state index in [0.717, 1.165) is 5.69 Å². The predicted molar refractivity (Wildman–Crippen MR) is 71.3 cm³/mol. The Morgan fingerprint density at radius 3 is 2.84 bits per heavy atom. The summed E-state index contributed by atoms with van der Waals surface area (Å²) in [6.45, 7) is 0.0940. The minimum absolute atomic E-state index is 0.00837. The molecule has 1 amide bonds. The lowest BCUT2D eigenvalue weighted by molar-refractivity contribution is -0.115. The molecular formula is C11H9ClN6O. The largest absolute Gasteiger partial charge is 0.368 e. The number of para-hydroxylation sites is 2. The Balaban J connectivity index is 2.12. The van der Waals surface area contributed by atoms with Gasteiger partial charge in [-0.25, -0.2) is 0 Å². The van der Waals surface area contributed by atoms with E-state index < -0.39 is 0 Å². The van der Waals surface area contributed by atoms with Gasteiger partial charge in [0, 0.05) is 0 Å². The molecule has 0 saturated heterocycles. The molecule has 0 atom stereocenters. The Morgan fingerprint density at radius 2 is 2.05 bits per heavy atom. The van der Waals surface area contributed by atoms with Gasteiger partial charge in [-0.2, -0.15) is 15.0 Å². The van der Waals surface area contributed by atoms with E-state index in [9.17, 15) is 4.79 Å². The lowest BCUT2D eigenvalue weighted by atomic mass is 10.2. The number of anilines is 4. The van der Waals surface area contributed by atoms with Crippen LogP contribution in [0.1, 0.15) is 0 Å². The van der Waals surface area contributed by atoms with Crippen molar-refractivity contribution in [1.82, 2.24) is 15.0 Å². The molecular weight excluding hydrogens is 268 g/mol. The third-order valence-corrected chi connectivity index (χ3v) is 2.79. The van der Waals surface area contributed by atoms with Gasteiger partial charge < -0.3 is 11.1 Å². The van der Waals surface area contributed by atoms with E-state index in [1.54, 1.807) is 11.0 Å². The van der Waals surface area contributed by atoms with E-state index in [2.05, 4.69) is 20.3 Å². The number of nitrogen functional groups attached to an aromatic ring is 1. The second kappa shape index (κ2) is 4.36. The van der Waals surface area contributed by atoms with Crippen LogP contribution in [0.2, 0.25) is 5.28 Å². The summed E-state index contributed by atoms with van der Waals surface area (Å²) >= 11 is 5.76. The molecule has 0 aliphatic carbocycles. The SMILES string of the molecule is Nc1nc(Cl)nc(N2CC(=O)Nc3ccccc32)n1. The van der Waals surface area contributed by atoms with Gasteiger partial charge in [0.1, 0.15) is 6.54 Å². The number of carbonyl (C=O) groups is 1. The monoisotopic (exact) mass is 276 g/mol. The topological polar surface area (TPSA) is 97.0 Å². The van der Waals surface area contributed by atoms with Crippen molar-refractivity contribution in [1.29, 1.82) is 0 Å². The second-order valence-corrected chi connectivity index (χ2v) is 4.25. The van der Waals surface area contributed by atoms with Gasteiger partial charge in [0.15, 0.2) is 0 Å². The number of rotatable bonds is 1. The van der Waals surface area contributed by atoms with Crippen molar-refractivity contribution in [2.75, 3.05) is 22.5 Å².